The molecule has 48 heavy (non-hydrogen) atoms. The van der Waals surface area contributed by atoms with Gasteiger partial charge in [-0.1, -0.05) is 119 Å². The Morgan fingerprint density at radius 3 is 1.46 bits per heavy atom. The average molecular weight is 663 g/mol. The zero-order valence-corrected chi connectivity index (χ0v) is 29.8. The van der Waals surface area contributed by atoms with Crippen LogP contribution in [-0.4, -0.2) is 11.9 Å². The van der Waals surface area contributed by atoms with Crippen molar-refractivity contribution in [2.75, 3.05) is 5.75 Å². The minimum absolute atomic E-state index is 0.0376. The smallest absolute Gasteiger partial charge is 0.161 e. The first-order chi connectivity index (χ1) is 23.3. The largest absolute Gasteiger partial charge is 0.210 e. The molecular weight excluding hydrogens is 613 g/mol. The van der Waals surface area contributed by atoms with Gasteiger partial charge in [0, 0.05) is 11.7 Å². The Hall–Kier alpha value is -4.13. The molecule has 0 aliphatic carbocycles. The van der Waals surface area contributed by atoms with Crippen LogP contribution >= 0.6 is 0 Å². The minimum Gasteiger partial charge on any atom is -0.210 e. The summed E-state index contributed by atoms with van der Waals surface area (Å²) < 4.78 is 26.9. The first-order valence-corrected chi connectivity index (χ1v) is 18.8. The number of allylic oxidation sites excluding steroid dienone is 1. The maximum absolute atomic E-state index is 13.5. The van der Waals surface area contributed by atoms with Crippen LogP contribution in [0.2, 0.25) is 19.0 Å². The van der Waals surface area contributed by atoms with Crippen LogP contribution in [0.3, 0.4) is 0 Å². The van der Waals surface area contributed by atoms with E-state index in [0.717, 1.165) is 20.9 Å². The second kappa shape index (κ2) is 20.3. The third kappa shape index (κ3) is 11.2. The van der Waals surface area contributed by atoms with Gasteiger partial charge in [-0.3, -0.25) is 0 Å². The van der Waals surface area contributed by atoms with Crippen molar-refractivity contribution in [3.8, 4) is 12.1 Å². The molecule has 0 aliphatic rings. The lowest BCUT2D eigenvalue weighted by molar-refractivity contribution is 0.626. The first-order valence-electron chi connectivity index (χ1n) is 17.4. The topological polar surface area (TPSA) is 47.6 Å². The molecule has 0 radical (unpaired) electrons. The second-order valence-corrected chi connectivity index (χ2v) is 14.7. The van der Waals surface area contributed by atoms with Crippen LogP contribution in [0.25, 0.3) is 5.57 Å². The molecule has 0 fully saturated rings. The van der Waals surface area contributed by atoms with E-state index < -0.39 is 10.9 Å². The molecule has 0 amide bonds. The number of rotatable bonds is 15. The summed E-state index contributed by atoms with van der Waals surface area (Å²) in [4.78, 5) is 1.69. The minimum atomic E-state index is -0.621. The van der Waals surface area contributed by atoms with Crippen LogP contribution < -0.4 is 5.46 Å². The molecule has 6 heteroatoms. The average Bonchev–Trinajstić information content (AvgIpc) is 3.12. The van der Waals surface area contributed by atoms with Gasteiger partial charge in [0.05, 0.1) is 10.9 Å². The quantitative estimate of drug-likeness (QED) is 0.0722. The zero-order valence-electron chi connectivity index (χ0n) is 29.0. The van der Waals surface area contributed by atoms with Gasteiger partial charge < -0.3 is 0 Å². The van der Waals surface area contributed by atoms with Gasteiger partial charge in [0.2, 0.25) is 0 Å². The molecule has 0 N–H and O–H groups in total. The highest BCUT2D eigenvalue weighted by Crippen LogP contribution is 2.31. The van der Waals surface area contributed by atoms with Gasteiger partial charge in [0.1, 0.15) is 35.1 Å². The van der Waals surface area contributed by atoms with E-state index >= 15 is 0 Å². The van der Waals surface area contributed by atoms with Crippen molar-refractivity contribution >= 4 is 28.1 Å². The number of aryl methyl sites for hydroxylation is 1. The van der Waals surface area contributed by atoms with E-state index in [2.05, 4.69) is 51.1 Å². The van der Waals surface area contributed by atoms with Crippen LogP contribution in [0.1, 0.15) is 70.4 Å². The van der Waals surface area contributed by atoms with Crippen molar-refractivity contribution < 1.29 is 8.78 Å². The normalized spacial score (nSPS) is 10.9. The fraction of sp³-hybridized carbons (Fsp3) is 0.333. The third-order valence-corrected chi connectivity index (χ3v) is 11.5. The highest BCUT2D eigenvalue weighted by Gasteiger charge is 2.29. The van der Waals surface area contributed by atoms with Crippen LogP contribution in [-0.2, 0) is 10.9 Å². The van der Waals surface area contributed by atoms with E-state index in [0.29, 0.717) is 11.3 Å². The Balaban J connectivity index is 0.000000286. The van der Waals surface area contributed by atoms with Crippen LogP contribution in [0.4, 0.5) is 8.78 Å². The Bertz CT molecular complexity index is 1550. The van der Waals surface area contributed by atoms with Gasteiger partial charge in [0.25, 0.3) is 0 Å². The van der Waals surface area contributed by atoms with Crippen molar-refractivity contribution in [3.63, 3.8) is 0 Å². The number of hydrogen-bond acceptors (Lipinski definition) is 2. The summed E-state index contributed by atoms with van der Waals surface area (Å²) in [5.41, 5.74) is 4.16. The molecular formula is C42H49BF2N2S. The lowest BCUT2D eigenvalue weighted by Crippen LogP contribution is -2.47. The molecule has 250 valence electrons. The molecule has 0 saturated heterocycles. The third-order valence-electron chi connectivity index (χ3n) is 9.25. The fourth-order valence-corrected chi connectivity index (χ4v) is 8.57. The summed E-state index contributed by atoms with van der Waals surface area (Å²) in [6.07, 6.45) is 12.1. The van der Waals surface area contributed by atoms with Crippen LogP contribution in [0.5, 0.6) is 0 Å². The van der Waals surface area contributed by atoms with E-state index in [4.69, 9.17) is 0 Å². The molecule has 4 aromatic rings. The van der Waals surface area contributed by atoms with Crippen molar-refractivity contribution in [1.82, 2.24) is 0 Å². The van der Waals surface area contributed by atoms with Gasteiger partial charge in [-0.2, -0.15) is 29.5 Å². The van der Waals surface area contributed by atoms with Gasteiger partial charge >= 0.3 is 0 Å². The second-order valence-electron chi connectivity index (χ2n) is 12.7. The monoisotopic (exact) mass is 662 g/mol. The predicted molar refractivity (Wildman–Crippen MR) is 202 cm³/mol. The van der Waals surface area contributed by atoms with Crippen LogP contribution in [0.15, 0.2) is 118 Å². The summed E-state index contributed by atoms with van der Waals surface area (Å²) in [5.74, 6) is -0.322. The van der Waals surface area contributed by atoms with Crippen molar-refractivity contribution in [3.05, 3.63) is 131 Å². The Morgan fingerprint density at radius 2 is 1.06 bits per heavy atom. The van der Waals surface area contributed by atoms with E-state index in [-0.39, 0.29) is 23.4 Å². The molecule has 0 unspecified atom stereocenters. The predicted octanol–water partition coefficient (Wildman–Crippen LogP) is 11.6. The maximum Gasteiger partial charge on any atom is 0.161 e. The highest BCUT2D eigenvalue weighted by molar-refractivity contribution is 7.97. The van der Waals surface area contributed by atoms with Gasteiger partial charge in [-0.15, -0.1) is 0 Å². The SMILES string of the molecule is CCCC[B-](CCCC)(CCCC)c1ccccc1.Cc1ccc(C(C[S+](c2ccc(F)cc2)c2ccc(F)cc2)=C(C#N)C#N)cc1. The molecule has 2 nitrogen and oxygen atoms in total. The molecule has 4 aromatic carbocycles. The van der Waals surface area contributed by atoms with Crippen molar-refractivity contribution in [2.45, 2.75) is 95.0 Å². The van der Waals surface area contributed by atoms with E-state index in [1.165, 1.54) is 81.8 Å². The molecule has 0 aromatic heterocycles. The molecule has 0 heterocycles. The first kappa shape index (κ1) is 38.3. The fourth-order valence-electron chi connectivity index (χ4n) is 6.44. The molecule has 0 bridgehead atoms. The molecule has 0 saturated carbocycles. The molecule has 0 atom stereocenters. The Labute approximate surface area is 290 Å². The summed E-state index contributed by atoms with van der Waals surface area (Å²) in [7, 11) is -0.621. The standard InChI is InChI=1S/C24H17F2N2S.C18H32B/c1-17-2-4-18(5-3-17)24(19(14-27)15-28)16-29(22-10-6-20(25)7-11-22)23-12-8-21(26)9-13-23;1-4-7-15-19(16-8-5-2,17-9-6-3)18-13-11-10-12-14-18/h2-13H,16H2,1H3;10-14H,4-9,15-17H2,1-3H3/q+1;-1. The number of nitriles is 2. The van der Waals surface area contributed by atoms with Gasteiger partial charge in [-0.05, 0) is 61.0 Å². The Morgan fingerprint density at radius 1 is 0.625 bits per heavy atom. The number of hydrogen-bond donors (Lipinski definition) is 0. The van der Waals surface area contributed by atoms with Gasteiger partial charge in [-0.25, -0.2) is 14.2 Å². The number of nitrogens with zero attached hydrogens (tertiary/aromatic N) is 2. The number of unbranched alkanes of at least 4 members (excludes halogenated alkanes) is 3. The summed E-state index contributed by atoms with van der Waals surface area (Å²) in [6, 6.07) is 35.3. The van der Waals surface area contributed by atoms with E-state index in [1.807, 2.05) is 43.3 Å². The van der Waals surface area contributed by atoms with Gasteiger partial charge in [0.15, 0.2) is 9.79 Å². The van der Waals surface area contributed by atoms with E-state index in [1.54, 1.807) is 29.7 Å². The maximum atomic E-state index is 13.5. The molecule has 0 spiro atoms. The summed E-state index contributed by atoms with van der Waals surface area (Å²) in [6.45, 7) is 8.94. The molecule has 4 rings (SSSR count). The van der Waals surface area contributed by atoms with E-state index in [9.17, 15) is 19.3 Å². The zero-order chi connectivity index (χ0) is 34.8. The van der Waals surface area contributed by atoms with Crippen LogP contribution in [0, 0.1) is 41.2 Å². The lowest BCUT2D eigenvalue weighted by atomic mass is 9.16. The van der Waals surface area contributed by atoms with Crippen molar-refractivity contribution in [2.24, 2.45) is 0 Å². The summed E-state index contributed by atoms with van der Waals surface area (Å²) >= 11 is 0. The summed E-state index contributed by atoms with van der Waals surface area (Å²) in [5, 5.41) is 19.0. The molecule has 0 aliphatic heterocycles. The number of halogens is 2. The highest BCUT2D eigenvalue weighted by atomic mass is 32.2. The lowest BCUT2D eigenvalue weighted by Gasteiger charge is -2.41. The van der Waals surface area contributed by atoms with Crippen molar-refractivity contribution in [1.29, 1.82) is 10.5 Å². The number of benzene rings is 4. The Kier molecular flexibility index (Phi) is 16.2.